The van der Waals surface area contributed by atoms with Gasteiger partial charge in [-0.1, -0.05) is 20.8 Å². The van der Waals surface area contributed by atoms with Gasteiger partial charge in [-0.15, -0.1) is 11.3 Å². The Balaban J connectivity index is 2.13. The monoisotopic (exact) mass is 309 g/mol. The molecule has 2 aromatic rings. The summed E-state index contributed by atoms with van der Waals surface area (Å²) in [6, 6.07) is 4.15. The largest absolute Gasteiger partial charge is 0.486 e. The number of ether oxygens (including phenoxy) is 1. The quantitative estimate of drug-likeness (QED) is 0.920. The Morgan fingerprint density at radius 3 is 2.67 bits per heavy atom. The molecule has 0 amide bonds. The van der Waals surface area contributed by atoms with Crippen LogP contribution in [0.3, 0.4) is 0 Å². The van der Waals surface area contributed by atoms with Gasteiger partial charge in [-0.2, -0.15) is 0 Å². The zero-order chi connectivity index (χ0) is 15.6. The minimum absolute atomic E-state index is 0.00161. The fraction of sp³-hybridized carbons (Fsp3) is 0.438. The second kappa shape index (κ2) is 6.12. The highest BCUT2D eigenvalue weighted by molar-refractivity contribution is 7.09. The summed E-state index contributed by atoms with van der Waals surface area (Å²) in [6.45, 7) is 8.20. The normalized spacial score (nSPS) is 13.2. The molecule has 5 heteroatoms. The van der Waals surface area contributed by atoms with Crippen molar-refractivity contribution < 1.29 is 14.2 Å². The average Bonchev–Trinajstić information content (AvgIpc) is 2.84. The first kappa shape index (κ1) is 15.9. The lowest BCUT2D eigenvalue weighted by Crippen LogP contribution is -2.11. The van der Waals surface area contributed by atoms with Crippen molar-refractivity contribution in [1.82, 2.24) is 4.98 Å². The van der Waals surface area contributed by atoms with Crippen molar-refractivity contribution in [3.05, 3.63) is 45.7 Å². The van der Waals surface area contributed by atoms with Crippen molar-refractivity contribution in [2.24, 2.45) is 0 Å². The molecule has 0 spiro atoms. The van der Waals surface area contributed by atoms with Crippen LogP contribution in [0.15, 0.2) is 23.6 Å². The Morgan fingerprint density at radius 1 is 1.38 bits per heavy atom. The summed E-state index contributed by atoms with van der Waals surface area (Å²) >= 11 is 1.52. The summed E-state index contributed by atoms with van der Waals surface area (Å²) in [5, 5.41) is 12.5. The van der Waals surface area contributed by atoms with Crippen molar-refractivity contribution in [2.75, 3.05) is 0 Å². The highest BCUT2D eigenvalue weighted by Crippen LogP contribution is 2.28. The van der Waals surface area contributed by atoms with E-state index in [-0.39, 0.29) is 17.8 Å². The number of halogens is 1. The molecule has 114 valence electrons. The molecule has 2 rings (SSSR count). The van der Waals surface area contributed by atoms with Crippen molar-refractivity contribution in [3.8, 4) is 5.75 Å². The third-order valence-corrected chi connectivity index (χ3v) is 3.92. The van der Waals surface area contributed by atoms with Gasteiger partial charge in [0.15, 0.2) is 0 Å². The molecule has 0 saturated heterocycles. The van der Waals surface area contributed by atoms with E-state index in [2.05, 4.69) is 25.8 Å². The molecule has 1 N–H and O–H groups in total. The molecule has 21 heavy (non-hydrogen) atoms. The molecule has 0 aliphatic heterocycles. The number of aliphatic hydroxyl groups excluding tert-OH is 1. The lowest BCUT2D eigenvalue weighted by Gasteiger charge is -2.14. The van der Waals surface area contributed by atoms with E-state index in [1.165, 1.54) is 29.5 Å². The molecule has 0 bridgehead atoms. The summed E-state index contributed by atoms with van der Waals surface area (Å²) in [6.07, 6.45) is -0.706. The Kier molecular flexibility index (Phi) is 4.64. The van der Waals surface area contributed by atoms with E-state index < -0.39 is 6.10 Å². The third kappa shape index (κ3) is 4.02. The van der Waals surface area contributed by atoms with Crippen molar-refractivity contribution in [3.63, 3.8) is 0 Å². The fourth-order valence-corrected chi connectivity index (χ4v) is 2.77. The van der Waals surface area contributed by atoms with Gasteiger partial charge in [0.2, 0.25) is 0 Å². The number of hydrogen-bond acceptors (Lipinski definition) is 4. The van der Waals surface area contributed by atoms with Crippen molar-refractivity contribution in [1.29, 1.82) is 0 Å². The van der Waals surface area contributed by atoms with E-state index in [1.54, 1.807) is 6.92 Å². The molecule has 1 aromatic carbocycles. The maximum atomic E-state index is 13.3. The van der Waals surface area contributed by atoms with E-state index in [0.29, 0.717) is 11.3 Å². The smallest absolute Gasteiger partial charge is 0.140 e. The topological polar surface area (TPSA) is 42.4 Å². The highest BCUT2D eigenvalue weighted by Gasteiger charge is 2.18. The van der Waals surface area contributed by atoms with Crippen LogP contribution < -0.4 is 4.74 Å². The van der Waals surface area contributed by atoms with E-state index in [4.69, 9.17) is 4.74 Å². The van der Waals surface area contributed by atoms with Gasteiger partial charge >= 0.3 is 0 Å². The summed E-state index contributed by atoms with van der Waals surface area (Å²) in [5.41, 5.74) is 1.59. The van der Waals surface area contributed by atoms with Gasteiger partial charge in [-0.3, -0.25) is 0 Å². The third-order valence-electron chi connectivity index (χ3n) is 3.10. The Morgan fingerprint density at radius 2 is 2.10 bits per heavy atom. The van der Waals surface area contributed by atoms with Crippen LogP contribution in [-0.4, -0.2) is 10.1 Å². The first-order chi connectivity index (χ1) is 9.77. The number of thiazole rings is 1. The standard InChI is InChI=1S/C16H20FNO2S/c1-10(19)12-6-5-11(17)7-13(12)20-8-15-18-14(9-21-15)16(2,3)4/h5-7,9-10,19H,8H2,1-4H3/t10-/m1/s1. The van der Waals surface area contributed by atoms with Crippen molar-refractivity contribution in [2.45, 2.75) is 45.8 Å². The van der Waals surface area contributed by atoms with Crippen LogP contribution in [0.25, 0.3) is 0 Å². The summed E-state index contributed by atoms with van der Waals surface area (Å²) in [7, 11) is 0. The number of nitrogens with zero attached hydrogens (tertiary/aromatic N) is 1. The van der Waals surface area contributed by atoms with Crippen LogP contribution in [0, 0.1) is 5.82 Å². The zero-order valence-corrected chi connectivity index (χ0v) is 13.5. The van der Waals surface area contributed by atoms with E-state index in [0.717, 1.165) is 10.7 Å². The Bertz CT molecular complexity index is 617. The first-order valence-corrected chi connectivity index (χ1v) is 7.70. The van der Waals surface area contributed by atoms with E-state index in [1.807, 2.05) is 5.38 Å². The van der Waals surface area contributed by atoms with Gasteiger partial charge in [-0.05, 0) is 19.1 Å². The van der Waals surface area contributed by atoms with Gasteiger partial charge in [0.25, 0.3) is 0 Å². The molecule has 1 atom stereocenters. The maximum absolute atomic E-state index is 13.3. The molecule has 1 heterocycles. The van der Waals surface area contributed by atoms with Crippen LogP contribution in [-0.2, 0) is 12.0 Å². The number of rotatable bonds is 4. The van der Waals surface area contributed by atoms with Gasteiger partial charge < -0.3 is 9.84 Å². The Labute approximate surface area is 128 Å². The summed E-state index contributed by atoms with van der Waals surface area (Å²) < 4.78 is 19.0. The summed E-state index contributed by atoms with van der Waals surface area (Å²) in [5.74, 6) is -0.0265. The number of benzene rings is 1. The molecule has 0 aliphatic carbocycles. The predicted octanol–water partition coefficient (Wildman–Crippen LogP) is 4.21. The molecule has 1 aromatic heterocycles. The van der Waals surface area contributed by atoms with Gasteiger partial charge in [0.1, 0.15) is 23.2 Å². The summed E-state index contributed by atoms with van der Waals surface area (Å²) in [4.78, 5) is 4.53. The average molecular weight is 309 g/mol. The van der Waals surface area contributed by atoms with Crippen LogP contribution >= 0.6 is 11.3 Å². The molecule has 0 aliphatic rings. The van der Waals surface area contributed by atoms with Crippen LogP contribution in [0.5, 0.6) is 5.75 Å². The minimum Gasteiger partial charge on any atom is -0.486 e. The maximum Gasteiger partial charge on any atom is 0.140 e. The van der Waals surface area contributed by atoms with Crippen LogP contribution in [0.2, 0.25) is 0 Å². The number of aliphatic hydroxyl groups is 1. The fourth-order valence-electron chi connectivity index (χ4n) is 1.84. The minimum atomic E-state index is -0.706. The van der Waals surface area contributed by atoms with Gasteiger partial charge in [0, 0.05) is 22.4 Å². The second-order valence-electron chi connectivity index (χ2n) is 6.02. The SMILES string of the molecule is C[C@@H](O)c1ccc(F)cc1OCc1nc(C(C)(C)C)cs1. The van der Waals surface area contributed by atoms with Crippen LogP contribution in [0.1, 0.15) is 50.1 Å². The van der Waals surface area contributed by atoms with E-state index >= 15 is 0 Å². The van der Waals surface area contributed by atoms with Crippen LogP contribution in [0.4, 0.5) is 4.39 Å². The first-order valence-electron chi connectivity index (χ1n) is 6.82. The Hall–Kier alpha value is -1.46. The molecule has 3 nitrogen and oxygen atoms in total. The van der Waals surface area contributed by atoms with Gasteiger partial charge in [0.05, 0.1) is 11.8 Å². The zero-order valence-electron chi connectivity index (χ0n) is 12.7. The molecular weight excluding hydrogens is 289 g/mol. The molecule has 0 radical (unpaired) electrons. The molecule has 0 fully saturated rings. The second-order valence-corrected chi connectivity index (χ2v) is 6.97. The highest BCUT2D eigenvalue weighted by atomic mass is 32.1. The molecule has 0 unspecified atom stereocenters. The molecule has 0 saturated carbocycles. The lowest BCUT2D eigenvalue weighted by molar-refractivity contribution is 0.189. The number of hydrogen-bond donors (Lipinski definition) is 1. The molecular formula is C16H20FNO2S. The predicted molar refractivity (Wildman–Crippen MR) is 82.2 cm³/mol. The number of aromatic nitrogens is 1. The lowest BCUT2D eigenvalue weighted by atomic mass is 9.93. The van der Waals surface area contributed by atoms with Gasteiger partial charge in [-0.25, -0.2) is 9.37 Å². The van der Waals surface area contributed by atoms with E-state index in [9.17, 15) is 9.50 Å². The van der Waals surface area contributed by atoms with Crippen molar-refractivity contribution >= 4 is 11.3 Å².